The number of nitro groups is 1. The van der Waals surface area contributed by atoms with E-state index in [1.807, 2.05) is 0 Å². The van der Waals surface area contributed by atoms with Crippen LogP contribution in [0.4, 0.5) is 11.4 Å². The number of nitrogens with zero attached hydrogens (tertiary/aromatic N) is 1. The van der Waals surface area contributed by atoms with Crippen molar-refractivity contribution in [2.75, 3.05) is 25.1 Å². The molecule has 0 unspecified atom stereocenters. The van der Waals surface area contributed by atoms with Gasteiger partial charge in [-0.3, -0.25) is 14.9 Å². The molecule has 28 heavy (non-hydrogen) atoms. The molecule has 0 aromatic heterocycles. The van der Waals surface area contributed by atoms with Crippen molar-refractivity contribution in [2.24, 2.45) is 0 Å². The van der Waals surface area contributed by atoms with Crippen LogP contribution < -0.4 is 10.6 Å². The highest BCUT2D eigenvalue weighted by Crippen LogP contribution is 2.23. The number of hydrogen-bond acceptors (Lipinski definition) is 7. The van der Waals surface area contributed by atoms with Crippen molar-refractivity contribution in [3.05, 3.63) is 68.7 Å². The van der Waals surface area contributed by atoms with Gasteiger partial charge in [0.15, 0.2) is 6.61 Å². The molecule has 0 saturated carbocycles. The number of halogens is 1. The van der Waals surface area contributed by atoms with Gasteiger partial charge < -0.3 is 20.5 Å². The Kier molecular flexibility index (Phi) is 7.73. The van der Waals surface area contributed by atoms with Crippen molar-refractivity contribution in [3.8, 4) is 0 Å². The van der Waals surface area contributed by atoms with Gasteiger partial charge >= 0.3 is 5.97 Å². The third-order valence-electron chi connectivity index (χ3n) is 3.63. The van der Waals surface area contributed by atoms with E-state index in [1.54, 1.807) is 24.3 Å². The van der Waals surface area contributed by atoms with Gasteiger partial charge in [0.2, 0.25) is 0 Å². The van der Waals surface area contributed by atoms with Crippen LogP contribution in [0, 0.1) is 10.1 Å². The van der Waals surface area contributed by atoms with Gasteiger partial charge in [-0.05, 0) is 17.7 Å². The molecule has 0 aliphatic rings. The molecule has 0 atom stereocenters. The molecule has 0 fully saturated rings. The van der Waals surface area contributed by atoms with Gasteiger partial charge in [-0.2, -0.15) is 0 Å². The number of aliphatic hydroxyl groups is 1. The normalized spacial score (nSPS) is 10.2. The van der Waals surface area contributed by atoms with Crippen LogP contribution >= 0.6 is 11.6 Å². The smallest absolute Gasteiger partial charge is 0.341 e. The SMILES string of the molecule is O=C(COC(=O)c1cc([N+](=O)[O-])ccc1NCCO)NCc1ccccc1Cl. The summed E-state index contributed by atoms with van der Waals surface area (Å²) < 4.78 is 4.95. The van der Waals surface area contributed by atoms with E-state index in [4.69, 9.17) is 21.4 Å². The Labute approximate surface area is 165 Å². The summed E-state index contributed by atoms with van der Waals surface area (Å²) in [7, 11) is 0. The summed E-state index contributed by atoms with van der Waals surface area (Å²) >= 11 is 6.00. The third-order valence-corrected chi connectivity index (χ3v) is 4.00. The van der Waals surface area contributed by atoms with E-state index in [-0.39, 0.29) is 36.6 Å². The largest absolute Gasteiger partial charge is 0.452 e. The molecule has 1 amide bonds. The molecule has 0 radical (unpaired) electrons. The Hall–Kier alpha value is -3.17. The van der Waals surface area contributed by atoms with Crippen molar-refractivity contribution in [2.45, 2.75) is 6.54 Å². The first kappa shape index (κ1) is 21.1. The quantitative estimate of drug-likeness (QED) is 0.329. The third kappa shape index (κ3) is 5.93. The first-order chi connectivity index (χ1) is 13.4. The minimum absolute atomic E-state index is 0.110. The standard InChI is InChI=1S/C18H18ClN3O6/c19-15-4-2-1-3-12(15)10-21-17(24)11-28-18(25)14-9-13(22(26)27)5-6-16(14)20-7-8-23/h1-6,9,20,23H,7-8,10-11H2,(H,21,24). The van der Waals surface area contributed by atoms with E-state index in [0.717, 1.165) is 6.07 Å². The molecule has 2 rings (SSSR count). The van der Waals surface area contributed by atoms with Crippen molar-refractivity contribution in [1.82, 2.24) is 5.32 Å². The van der Waals surface area contributed by atoms with E-state index in [2.05, 4.69) is 10.6 Å². The first-order valence-electron chi connectivity index (χ1n) is 8.22. The minimum atomic E-state index is -0.906. The van der Waals surface area contributed by atoms with E-state index < -0.39 is 23.4 Å². The fourth-order valence-electron chi connectivity index (χ4n) is 2.25. The number of carbonyl (C=O) groups is 2. The average molecular weight is 408 g/mol. The van der Waals surface area contributed by atoms with Crippen LogP contribution in [0.1, 0.15) is 15.9 Å². The number of non-ortho nitro benzene ring substituents is 1. The van der Waals surface area contributed by atoms with E-state index in [9.17, 15) is 19.7 Å². The molecule has 10 heteroatoms. The molecule has 0 aliphatic heterocycles. The second-order valence-corrected chi connectivity index (χ2v) is 5.99. The lowest BCUT2D eigenvalue weighted by Crippen LogP contribution is -2.28. The Morgan fingerprint density at radius 1 is 1.21 bits per heavy atom. The summed E-state index contributed by atoms with van der Waals surface area (Å²) in [5.41, 5.74) is 0.547. The summed E-state index contributed by atoms with van der Waals surface area (Å²) in [5, 5.41) is 25.7. The van der Waals surface area contributed by atoms with Gasteiger partial charge in [-0.15, -0.1) is 0 Å². The first-order valence-corrected chi connectivity index (χ1v) is 8.60. The summed E-state index contributed by atoms with van der Waals surface area (Å²) in [5.74, 6) is -1.46. The molecule has 0 bridgehead atoms. The predicted octanol–water partition coefficient (Wildman–Crippen LogP) is 2.13. The zero-order chi connectivity index (χ0) is 20.5. The summed E-state index contributed by atoms with van der Waals surface area (Å²) in [6.07, 6.45) is 0. The van der Waals surface area contributed by atoms with Gasteiger partial charge in [0, 0.05) is 35.9 Å². The molecule has 148 valence electrons. The molecule has 0 saturated heterocycles. The average Bonchev–Trinajstić information content (AvgIpc) is 2.69. The lowest BCUT2D eigenvalue weighted by molar-refractivity contribution is -0.384. The van der Waals surface area contributed by atoms with Crippen LogP contribution in [0.25, 0.3) is 0 Å². The van der Waals surface area contributed by atoms with Crippen molar-refractivity contribution in [1.29, 1.82) is 0 Å². The van der Waals surface area contributed by atoms with Crippen molar-refractivity contribution < 1.29 is 24.4 Å². The molecule has 0 aliphatic carbocycles. The fourth-order valence-corrected chi connectivity index (χ4v) is 2.46. The zero-order valence-electron chi connectivity index (χ0n) is 14.7. The fraction of sp³-hybridized carbons (Fsp3) is 0.222. The number of ether oxygens (including phenoxy) is 1. The molecule has 0 spiro atoms. The highest BCUT2D eigenvalue weighted by atomic mass is 35.5. The predicted molar refractivity (Wildman–Crippen MR) is 102 cm³/mol. The molecule has 2 aromatic carbocycles. The molecular formula is C18H18ClN3O6. The highest BCUT2D eigenvalue weighted by molar-refractivity contribution is 6.31. The topological polar surface area (TPSA) is 131 Å². The van der Waals surface area contributed by atoms with Crippen molar-refractivity contribution in [3.63, 3.8) is 0 Å². The summed E-state index contributed by atoms with van der Waals surface area (Å²) in [4.78, 5) is 34.5. The lowest BCUT2D eigenvalue weighted by Gasteiger charge is -2.11. The van der Waals surface area contributed by atoms with Crippen LogP contribution in [0.3, 0.4) is 0 Å². The molecule has 0 heterocycles. The van der Waals surface area contributed by atoms with E-state index in [1.165, 1.54) is 12.1 Å². The van der Waals surface area contributed by atoms with Crippen molar-refractivity contribution >= 4 is 34.9 Å². The number of anilines is 1. The number of amides is 1. The lowest BCUT2D eigenvalue weighted by atomic mass is 10.1. The molecular weight excluding hydrogens is 390 g/mol. The maximum absolute atomic E-state index is 12.3. The summed E-state index contributed by atoms with van der Waals surface area (Å²) in [6, 6.07) is 10.6. The van der Waals surface area contributed by atoms with Gasteiger partial charge in [-0.25, -0.2) is 4.79 Å². The molecule has 9 nitrogen and oxygen atoms in total. The Morgan fingerprint density at radius 2 is 1.96 bits per heavy atom. The maximum Gasteiger partial charge on any atom is 0.341 e. The number of benzene rings is 2. The highest BCUT2D eigenvalue weighted by Gasteiger charge is 2.19. The van der Waals surface area contributed by atoms with Gasteiger partial charge in [0.1, 0.15) is 0 Å². The number of rotatable bonds is 9. The number of hydrogen-bond donors (Lipinski definition) is 3. The number of esters is 1. The van der Waals surface area contributed by atoms with E-state index >= 15 is 0 Å². The number of nitro benzene ring substituents is 1. The maximum atomic E-state index is 12.3. The molecule has 2 aromatic rings. The Balaban J connectivity index is 1.99. The van der Waals surface area contributed by atoms with Crippen LogP contribution in [0.5, 0.6) is 0 Å². The van der Waals surface area contributed by atoms with Gasteiger partial charge in [-0.1, -0.05) is 29.8 Å². The number of aliphatic hydroxyl groups excluding tert-OH is 1. The second-order valence-electron chi connectivity index (χ2n) is 5.58. The van der Waals surface area contributed by atoms with Crippen LogP contribution in [0.2, 0.25) is 5.02 Å². The second kappa shape index (κ2) is 10.2. The monoisotopic (exact) mass is 407 g/mol. The number of carbonyl (C=O) groups excluding carboxylic acids is 2. The van der Waals surface area contributed by atoms with Crippen LogP contribution in [0.15, 0.2) is 42.5 Å². The van der Waals surface area contributed by atoms with Gasteiger partial charge in [0.25, 0.3) is 11.6 Å². The van der Waals surface area contributed by atoms with E-state index in [0.29, 0.717) is 10.6 Å². The van der Waals surface area contributed by atoms with Crippen LogP contribution in [-0.2, 0) is 16.1 Å². The Morgan fingerprint density at radius 3 is 2.64 bits per heavy atom. The minimum Gasteiger partial charge on any atom is -0.452 e. The number of nitrogens with one attached hydrogen (secondary N) is 2. The Bertz CT molecular complexity index is 874. The molecule has 3 N–H and O–H groups in total. The zero-order valence-corrected chi connectivity index (χ0v) is 15.4. The van der Waals surface area contributed by atoms with Gasteiger partial charge in [0.05, 0.1) is 17.1 Å². The van der Waals surface area contributed by atoms with Crippen LogP contribution in [-0.4, -0.2) is 41.7 Å². The summed E-state index contributed by atoms with van der Waals surface area (Å²) in [6.45, 7) is -0.464.